The van der Waals surface area contributed by atoms with Gasteiger partial charge in [0.25, 0.3) is 0 Å². The standard InChI is InChI=1S/C27H28N4O2/c1-18-6-5-7-20(16-18)27(14-15-27)31-26(32)30-24(17-19-10-12-21(33-2)13-11-19)25-28-22-8-3-4-9-23(22)29-25/h3-13,16,24H,14-15,17H2,1-2H3,(H,28,29)(H2,30,31,32). The summed E-state index contributed by atoms with van der Waals surface area (Å²) < 4.78 is 5.28. The number of hydrogen-bond acceptors (Lipinski definition) is 3. The molecular formula is C27H28N4O2. The lowest BCUT2D eigenvalue weighted by atomic mass is 10.0. The molecule has 3 N–H and O–H groups in total. The fraction of sp³-hybridized carbons (Fsp3) is 0.259. The Bertz CT molecular complexity index is 1240. The number of carbonyl (C=O) groups excluding carboxylic acids is 1. The van der Waals surface area contributed by atoms with Crippen LogP contribution in [0.15, 0.2) is 72.8 Å². The molecule has 0 saturated heterocycles. The van der Waals surface area contributed by atoms with Gasteiger partial charge >= 0.3 is 6.03 Å². The molecule has 4 aromatic rings. The van der Waals surface area contributed by atoms with Gasteiger partial charge in [-0.05, 0) is 61.6 Å². The summed E-state index contributed by atoms with van der Waals surface area (Å²) >= 11 is 0. The number of aromatic amines is 1. The SMILES string of the molecule is COc1ccc(CC(NC(=O)NC2(c3cccc(C)c3)CC2)c2nc3ccccc3[nH]2)cc1. The van der Waals surface area contributed by atoms with Crippen LogP contribution in [0.2, 0.25) is 0 Å². The van der Waals surface area contributed by atoms with Gasteiger partial charge in [0.1, 0.15) is 11.6 Å². The van der Waals surface area contributed by atoms with Crippen molar-refractivity contribution >= 4 is 17.1 Å². The van der Waals surface area contributed by atoms with Gasteiger partial charge in [-0.1, -0.05) is 54.1 Å². The number of amides is 2. The summed E-state index contributed by atoms with van der Waals surface area (Å²) in [5, 5.41) is 6.41. The van der Waals surface area contributed by atoms with E-state index >= 15 is 0 Å². The summed E-state index contributed by atoms with van der Waals surface area (Å²) in [4.78, 5) is 21.3. The average Bonchev–Trinajstić information content (AvgIpc) is 3.47. The number of carbonyl (C=O) groups is 1. The Morgan fingerprint density at radius 1 is 1.09 bits per heavy atom. The van der Waals surface area contributed by atoms with Crippen LogP contribution in [0.5, 0.6) is 5.75 Å². The number of aryl methyl sites for hydroxylation is 1. The van der Waals surface area contributed by atoms with E-state index in [2.05, 4.69) is 40.7 Å². The number of fused-ring (bicyclic) bond motifs is 1. The fourth-order valence-electron chi connectivity index (χ4n) is 4.32. The quantitative estimate of drug-likeness (QED) is 0.372. The van der Waals surface area contributed by atoms with Crippen LogP contribution < -0.4 is 15.4 Å². The van der Waals surface area contributed by atoms with Gasteiger partial charge in [0.15, 0.2) is 0 Å². The van der Waals surface area contributed by atoms with Gasteiger partial charge in [0.05, 0.1) is 29.7 Å². The molecule has 1 aliphatic carbocycles. The van der Waals surface area contributed by atoms with Crippen molar-refractivity contribution in [3.63, 3.8) is 0 Å². The third-order valence-corrected chi connectivity index (χ3v) is 6.32. The van der Waals surface area contributed by atoms with Crippen LogP contribution in [0, 0.1) is 6.92 Å². The van der Waals surface area contributed by atoms with Gasteiger partial charge in [0, 0.05) is 0 Å². The van der Waals surface area contributed by atoms with E-state index in [4.69, 9.17) is 9.72 Å². The predicted molar refractivity (Wildman–Crippen MR) is 129 cm³/mol. The second-order valence-electron chi connectivity index (χ2n) is 8.79. The first kappa shape index (κ1) is 21.1. The van der Waals surface area contributed by atoms with Crippen molar-refractivity contribution in [3.8, 4) is 5.75 Å². The van der Waals surface area contributed by atoms with Crippen LogP contribution in [0.4, 0.5) is 4.79 Å². The lowest BCUT2D eigenvalue weighted by Crippen LogP contribution is -2.44. The van der Waals surface area contributed by atoms with Gasteiger partial charge in [-0.3, -0.25) is 0 Å². The van der Waals surface area contributed by atoms with Crippen molar-refractivity contribution in [1.82, 2.24) is 20.6 Å². The molecule has 6 nitrogen and oxygen atoms in total. The van der Waals surface area contributed by atoms with Gasteiger partial charge in [0.2, 0.25) is 0 Å². The molecule has 0 spiro atoms. The van der Waals surface area contributed by atoms with E-state index in [0.717, 1.165) is 46.6 Å². The highest BCUT2D eigenvalue weighted by atomic mass is 16.5. The third kappa shape index (κ3) is 4.55. The van der Waals surface area contributed by atoms with E-state index in [0.29, 0.717) is 6.42 Å². The molecule has 0 radical (unpaired) electrons. The van der Waals surface area contributed by atoms with Crippen molar-refractivity contribution in [1.29, 1.82) is 0 Å². The number of H-pyrrole nitrogens is 1. The van der Waals surface area contributed by atoms with Gasteiger partial charge in [-0.25, -0.2) is 9.78 Å². The Morgan fingerprint density at radius 3 is 2.58 bits per heavy atom. The minimum atomic E-state index is -0.306. The molecule has 2 amide bonds. The number of urea groups is 1. The van der Waals surface area contributed by atoms with E-state index < -0.39 is 0 Å². The first-order valence-corrected chi connectivity index (χ1v) is 11.3. The van der Waals surface area contributed by atoms with Gasteiger partial charge in [-0.15, -0.1) is 0 Å². The maximum absolute atomic E-state index is 13.2. The first-order chi connectivity index (χ1) is 16.0. The Kier molecular flexibility index (Phi) is 5.50. The molecule has 3 aromatic carbocycles. The lowest BCUT2D eigenvalue weighted by Gasteiger charge is -2.22. The van der Waals surface area contributed by atoms with E-state index in [-0.39, 0.29) is 17.6 Å². The van der Waals surface area contributed by atoms with Crippen LogP contribution in [0.25, 0.3) is 11.0 Å². The number of methoxy groups -OCH3 is 1. The minimum absolute atomic E-state index is 0.187. The molecule has 1 aromatic heterocycles. The van der Waals surface area contributed by atoms with Crippen molar-refractivity contribution in [2.24, 2.45) is 0 Å². The van der Waals surface area contributed by atoms with E-state index in [9.17, 15) is 4.79 Å². The smallest absolute Gasteiger partial charge is 0.316 e. The number of imidazole rings is 1. The van der Waals surface area contributed by atoms with Crippen LogP contribution >= 0.6 is 0 Å². The molecule has 1 unspecified atom stereocenters. The highest BCUT2D eigenvalue weighted by Gasteiger charge is 2.46. The van der Waals surface area contributed by atoms with Crippen LogP contribution in [-0.2, 0) is 12.0 Å². The molecule has 1 aliphatic rings. The number of nitrogens with zero attached hydrogens (tertiary/aromatic N) is 1. The minimum Gasteiger partial charge on any atom is -0.497 e. The summed E-state index contributed by atoms with van der Waals surface area (Å²) in [6.45, 7) is 2.08. The lowest BCUT2D eigenvalue weighted by molar-refractivity contribution is 0.231. The van der Waals surface area contributed by atoms with Crippen LogP contribution in [-0.4, -0.2) is 23.1 Å². The second kappa shape index (κ2) is 8.62. The number of aromatic nitrogens is 2. The summed E-state index contributed by atoms with van der Waals surface area (Å²) in [6, 6.07) is 23.7. The highest BCUT2D eigenvalue weighted by molar-refractivity contribution is 5.77. The highest BCUT2D eigenvalue weighted by Crippen LogP contribution is 2.45. The van der Waals surface area contributed by atoms with Crippen molar-refractivity contribution in [2.75, 3.05) is 7.11 Å². The third-order valence-electron chi connectivity index (χ3n) is 6.32. The number of ether oxygens (including phenoxy) is 1. The summed E-state index contributed by atoms with van der Waals surface area (Å²) in [5.41, 5.74) is 4.99. The topological polar surface area (TPSA) is 79.0 Å². The summed E-state index contributed by atoms with van der Waals surface area (Å²) in [7, 11) is 1.65. The Hall–Kier alpha value is -3.80. The van der Waals surface area contributed by atoms with E-state index in [1.165, 1.54) is 5.56 Å². The number of hydrogen-bond donors (Lipinski definition) is 3. The summed E-state index contributed by atoms with van der Waals surface area (Å²) in [5.74, 6) is 1.54. The molecule has 1 atom stereocenters. The maximum Gasteiger partial charge on any atom is 0.316 e. The fourth-order valence-corrected chi connectivity index (χ4v) is 4.32. The summed E-state index contributed by atoms with van der Waals surface area (Å²) in [6.07, 6.45) is 2.49. The Labute approximate surface area is 193 Å². The van der Waals surface area contributed by atoms with Crippen molar-refractivity contribution in [2.45, 2.75) is 37.8 Å². The zero-order valence-corrected chi connectivity index (χ0v) is 18.9. The number of para-hydroxylation sites is 2. The molecule has 1 heterocycles. The molecule has 168 valence electrons. The molecule has 1 saturated carbocycles. The Morgan fingerprint density at radius 2 is 1.88 bits per heavy atom. The zero-order chi connectivity index (χ0) is 22.8. The van der Waals surface area contributed by atoms with Gasteiger partial charge in [-0.2, -0.15) is 0 Å². The van der Waals surface area contributed by atoms with E-state index in [1.807, 2.05) is 54.6 Å². The maximum atomic E-state index is 13.2. The molecule has 33 heavy (non-hydrogen) atoms. The van der Waals surface area contributed by atoms with Crippen molar-refractivity contribution < 1.29 is 9.53 Å². The second-order valence-corrected chi connectivity index (χ2v) is 8.79. The molecule has 6 heteroatoms. The van der Waals surface area contributed by atoms with E-state index in [1.54, 1.807) is 7.11 Å². The predicted octanol–water partition coefficient (Wildman–Crippen LogP) is 5.15. The number of benzene rings is 3. The number of nitrogens with one attached hydrogen (secondary N) is 3. The largest absolute Gasteiger partial charge is 0.497 e. The molecule has 5 rings (SSSR count). The first-order valence-electron chi connectivity index (χ1n) is 11.3. The zero-order valence-electron chi connectivity index (χ0n) is 18.9. The molecule has 0 aliphatic heterocycles. The monoisotopic (exact) mass is 440 g/mol. The molecular weight excluding hydrogens is 412 g/mol. The molecule has 0 bridgehead atoms. The normalized spacial score (nSPS) is 15.1. The Balaban J connectivity index is 1.38. The number of rotatable bonds is 7. The van der Waals surface area contributed by atoms with Crippen LogP contribution in [0.1, 0.15) is 41.4 Å². The average molecular weight is 441 g/mol. The van der Waals surface area contributed by atoms with Crippen LogP contribution in [0.3, 0.4) is 0 Å². The van der Waals surface area contributed by atoms with Gasteiger partial charge < -0.3 is 20.4 Å². The molecule has 1 fully saturated rings. The van der Waals surface area contributed by atoms with Crippen molar-refractivity contribution in [3.05, 3.63) is 95.3 Å².